The minimum Gasteiger partial charge on any atom is -0.391 e. The Kier molecular flexibility index (Phi) is 15.7. The molecule has 0 aromatic rings. The van der Waals surface area contributed by atoms with Gasteiger partial charge in [0.05, 0.1) is 25.4 Å². The molecule has 0 aliphatic carbocycles. The van der Waals surface area contributed by atoms with Crippen LogP contribution in [0.15, 0.2) is 0 Å². The molecule has 0 radical (unpaired) electrons. The van der Waals surface area contributed by atoms with Crippen molar-refractivity contribution in [2.24, 2.45) is 0 Å². The molecular formula is C13H30O4. The van der Waals surface area contributed by atoms with E-state index in [2.05, 4.69) is 0 Å². The first-order valence-corrected chi connectivity index (χ1v) is 6.22. The molecule has 0 fully saturated rings. The van der Waals surface area contributed by atoms with Gasteiger partial charge in [-0.25, -0.2) is 0 Å². The number of rotatable bonds is 11. The predicted octanol–water partition coefficient (Wildman–Crippen LogP) is 1.98. The molecule has 17 heavy (non-hydrogen) atoms. The van der Waals surface area contributed by atoms with Crippen molar-refractivity contribution in [2.75, 3.05) is 26.4 Å². The second-order valence-electron chi connectivity index (χ2n) is 3.98. The maximum Gasteiger partial charge on any atom is 0.0771 e. The van der Waals surface area contributed by atoms with E-state index in [4.69, 9.17) is 9.47 Å². The lowest BCUT2D eigenvalue weighted by molar-refractivity contribution is 0.0198. The Balaban J connectivity index is 0. The fraction of sp³-hybridized carbons (Fsp3) is 1.00. The van der Waals surface area contributed by atoms with Crippen LogP contribution < -0.4 is 0 Å². The number of hydrogen-bond donors (Lipinski definition) is 2. The molecule has 0 aliphatic heterocycles. The van der Waals surface area contributed by atoms with E-state index in [1.54, 1.807) is 0 Å². The van der Waals surface area contributed by atoms with Gasteiger partial charge in [-0.3, -0.25) is 0 Å². The zero-order valence-corrected chi connectivity index (χ0v) is 10.5. The highest BCUT2D eigenvalue weighted by Crippen LogP contribution is 1.97. The second kappa shape index (κ2) is 13.9. The second-order valence-corrected chi connectivity index (χ2v) is 3.98. The summed E-state index contributed by atoms with van der Waals surface area (Å²) in [6, 6.07) is 0. The van der Waals surface area contributed by atoms with E-state index in [1.165, 1.54) is 0 Å². The quantitative estimate of drug-likeness (QED) is 0.550. The van der Waals surface area contributed by atoms with Gasteiger partial charge in [-0.1, -0.05) is 21.3 Å². The topological polar surface area (TPSA) is 58.9 Å². The molecule has 0 bridgehead atoms. The van der Waals surface area contributed by atoms with Crippen LogP contribution in [0.1, 0.15) is 47.0 Å². The van der Waals surface area contributed by atoms with E-state index in [1.807, 2.05) is 13.8 Å². The first kappa shape index (κ1) is 19.2. The van der Waals surface area contributed by atoms with Crippen LogP contribution in [0.3, 0.4) is 0 Å². The normalized spacial score (nSPS) is 14.1. The lowest BCUT2D eigenvalue weighted by atomic mass is 10.3. The number of aliphatic hydroxyl groups excluding tert-OH is 2. The Morgan fingerprint density at radius 2 is 1.18 bits per heavy atom. The van der Waals surface area contributed by atoms with Crippen LogP contribution in [0, 0.1) is 0 Å². The molecule has 0 aliphatic rings. The number of unbranched alkanes of at least 4 members (excludes halogenated alkanes) is 1. The van der Waals surface area contributed by atoms with Crippen LogP contribution in [0.4, 0.5) is 0 Å². The van der Waals surface area contributed by atoms with Gasteiger partial charge in [-0.2, -0.15) is 0 Å². The van der Waals surface area contributed by atoms with Crippen molar-refractivity contribution in [3.63, 3.8) is 0 Å². The molecule has 0 heterocycles. The highest BCUT2D eigenvalue weighted by Gasteiger charge is 2.01. The van der Waals surface area contributed by atoms with E-state index in [-0.39, 0.29) is 19.6 Å². The SMILES string of the molecule is C.CCC(O)COCCCCOCC(O)CC. The predicted molar refractivity (Wildman–Crippen MR) is 70.2 cm³/mol. The molecule has 0 spiro atoms. The van der Waals surface area contributed by atoms with Crippen molar-refractivity contribution in [2.45, 2.75) is 59.2 Å². The number of ether oxygens (including phenoxy) is 2. The lowest BCUT2D eigenvalue weighted by Crippen LogP contribution is -2.15. The first-order chi connectivity index (χ1) is 7.70. The smallest absolute Gasteiger partial charge is 0.0771 e. The average molecular weight is 250 g/mol. The van der Waals surface area contributed by atoms with E-state index in [9.17, 15) is 10.2 Å². The van der Waals surface area contributed by atoms with Gasteiger partial charge in [0, 0.05) is 13.2 Å². The standard InChI is InChI=1S/C12H26O4.CH4/c1-3-11(13)9-15-7-5-6-8-16-10-12(14)4-2;/h11-14H,3-10H2,1-2H3;1H4. The highest BCUT2D eigenvalue weighted by molar-refractivity contribution is 4.50. The summed E-state index contributed by atoms with van der Waals surface area (Å²) < 4.78 is 10.6. The van der Waals surface area contributed by atoms with Crippen molar-refractivity contribution in [3.05, 3.63) is 0 Å². The highest BCUT2D eigenvalue weighted by atomic mass is 16.5. The van der Waals surface area contributed by atoms with E-state index >= 15 is 0 Å². The molecule has 0 amide bonds. The summed E-state index contributed by atoms with van der Waals surface area (Å²) in [5, 5.41) is 18.4. The van der Waals surface area contributed by atoms with Crippen LogP contribution in [-0.4, -0.2) is 48.8 Å². The molecule has 0 aromatic carbocycles. The third kappa shape index (κ3) is 13.8. The largest absolute Gasteiger partial charge is 0.391 e. The zero-order valence-electron chi connectivity index (χ0n) is 10.5. The minimum atomic E-state index is -0.337. The monoisotopic (exact) mass is 250 g/mol. The van der Waals surface area contributed by atoms with E-state index in [0.717, 1.165) is 25.7 Å². The van der Waals surface area contributed by atoms with Crippen LogP contribution in [0.5, 0.6) is 0 Å². The van der Waals surface area contributed by atoms with Gasteiger partial charge in [0.1, 0.15) is 0 Å². The molecular weight excluding hydrogens is 220 g/mol. The van der Waals surface area contributed by atoms with Gasteiger partial charge in [-0.15, -0.1) is 0 Å². The summed E-state index contributed by atoms with van der Waals surface area (Å²) in [7, 11) is 0. The van der Waals surface area contributed by atoms with Crippen LogP contribution in [0.2, 0.25) is 0 Å². The number of aliphatic hydroxyl groups is 2. The minimum absolute atomic E-state index is 0. The van der Waals surface area contributed by atoms with E-state index in [0.29, 0.717) is 26.4 Å². The van der Waals surface area contributed by atoms with Gasteiger partial charge in [0.2, 0.25) is 0 Å². The molecule has 0 aromatic heterocycles. The maximum absolute atomic E-state index is 9.21. The van der Waals surface area contributed by atoms with Crippen molar-refractivity contribution in [1.82, 2.24) is 0 Å². The van der Waals surface area contributed by atoms with Crippen molar-refractivity contribution < 1.29 is 19.7 Å². The van der Waals surface area contributed by atoms with Crippen molar-refractivity contribution in [1.29, 1.82) is 0 Å². The summed E-state index contributed by atoms with van der Waals surface area (Å²) in [6.45, 7) is 6.03. The molecule has 4 heteroatoms. The Morgan fingerprint density at radius 3 is 1.47 bits per heavy atom. The van der Waals surface area contributed by atoms with Gasteiger partial charge in [0.25, 0.3) is 0 Å². The van der Waals surface area contributed by atoms with Gasteiger partial charge in [0.15, 0.2) is 0 Å². The zero-order chi connectivity index (χ0) is 12.2. The summed E-state index contributed by atoms with van der Waals surface area (Å²) in [6.07, 6.45) is 2.65. The Bertz CT molecular complexity index is 125. The molecule has 2 atom stereocenters. The van der Waals surface area contributed by atoms with Gasteiger partial charge in [-0.05, 0) is 25.7 Å². The molecule has 4 nitrogen and oxygen atoms in total. The fourth-order valence-corrected chi connectivity index (χ4v) is 1.08. The van der Waals surface area contributed by atoms with Crippen molar-refractivity contribution >= 4 is 0 Å². The van der Waals surface area contributed by atoms with Crippen molar-refractivity contribution in [3.8, 4) is 0 Å². The molecule has 106 valence electrons. The molecule has 2 unspecified atom stereocenters. The van der Waals surface area contributed by atoms with Gasteiger partial charge >= 0.3 is 0 Å². The Hall–Kier alpha value is -0.160. The van der Waals surface area contributed by atoms with E-state index < -0.39 is 0 Å². The third-order valence-corrected chi connectivity index (χ3v) is 2.39. The molecule has 0 rings (SSSR count). The Morgan fingerprint density at radius 1 is 0.824 bits per heavy atom. The lowest BCUT2D eigenvalue weighted by Gasteiger charge is -2.10. The third-order valence-electron chi connectivity index (χ3n) is 2.39. The molecule has 2 N–H and O–H groups in total. The molecule has 0 saturated heterocycles. The molecule has 0 saturated carbocycles. The average Bonchev–Trinajstić information content (AvgIpc) is 2.31. The fourth-order valence-electron chi connectivity index (χ4n) is 1.08. The van der Waals surface area contributed by atoms with Crippen LogP contribution in [-0.2, 0) is 9.47 Å². The first-order valence-electron chi connectivity index (χ1n) is 6.22. The Labute approximate surface area is 106 Å². The summed E-state index contributed by atoms with van der Waals surface area (Å²) in [4.78, 5) is 0. The van der Waals surface area contributed by atoms with Gasteiger partial charge < -0.3 is 19.7 Å². The summed E-state index contributed by atoms with van der Waals surface area (Å²) in [5.41, 5.74) is 0. The summed E-state index contributed by atoms with van der Waals surface area (Å²) in [5.74, 6) is 0. The van der Waals surface area contributed by atoms with Crippen LogP contribution in [0.25, 0.3) is 0 Å². The number of hydrogen-bond acceptors (Lipinski definition) is 4. The summed E-state index contributed by atoms with van der Waals surface area (Å²) >= 11 is 0. The van der Waals surface area contributed by atoms with Crippen LogP contribution >= 0.6 is 0 Å². The maximum atomic E-state index is 9.21.